The van der Waals surface area contributed by atoms with Crippen molar-refractivity contribution in [2.75, 3.05) is 53.6 Å². The Bertz CT molecular complexity index is 435. The minimum absolute atomic E-state index is 0. The van der Waals surface area contributed by atoms with E-state index in [-0.39, 0.29) is 49.3 Å². The Hall–Kier alpha value is -0.543. The zero-order valence-corrected chi connectivity index (χ0v) is 21.3. The molecule has 0 aliphatic heterocycles. The molecule has 0 spiro atoms. The topological polar surface area (TPSA) is 59.1 Å². The predicted molar refractivity (Wildman–Crippen MR) is 135 cm³/mol. The van der Waals surface area contributed by atoms with Gasteiger partial charge >= 0.3 is 18.9 Å². The summed E-state index contributed by atoms with van der Waals surface area (Å²) in [6, 6.07) is 0. The van der Waals surface area contributed by atoms with E-state index < -0.39 is 0 Å². The Balaban J connectivity index is 0. The molecule has 0 fully saturated rings. The van der Waals surface area contributed by atoms with E-state index in [0.717, 1.165) is 25.9 Å². The van der Waals surface area contributed by atoms with E-state index in [2.05, 4.69) is 13.8 Å². The summed E-state index contributed by atoms with van der Waals surface area (Å²) in [7, 11) is 3.68. The van der Waals surface area contributed by atoms with Crippen molar-refractivity contribution in [2.45, 2.75) is 91.9 Å². The van der Waals surface area contributed by atoms with Crippen LogP contribution in [0.4, 0.5) is 0 Å². The zero-order chi connectivity index (χ0) is 23.5. The van der Waals surface area contributed by atoms with Crippen LogP contribution in [0.15, 0.2) is 0 Å². The first kappa shape index (κ1) is 33.6. The van der Waals surface area contributed by atoms with E-state index in [1.165, 1.54) is 51.4 Å². The van der Waals surface area contributed by atoms with E-state index in [4.69, 9.17) is 9.47 Å². The summed E-state index contributed by atoms with van der Waals surface area (Å²) in [4.78, 5) is 27.9. The molecule has 0 aromatic rings. The molecule has 0 aliphatic carbocycles. The van der Waals surface area contributed by atoms with Crippen molar-refractivity contribution < 1.29 is 19.1 Å². The normalized spacial score (nSPS) is 11.2. The van der Waals surface area contributed by atoms with Crippen LogP contribution in [0.5, 0.6) is 0 Å². The standard InChI is InChI=1S/C25H50N2O4.Li.H/c1-7-9-11-13-15-17-26(5)23(28)19-30-21-25(3,4)22-31-20-24(29)27(6)18-16-14-12-10-8-2;;/h7-22H2,1-6H3;;. The fourth-order valence-electron chi connectivity index (χ4n) is 3.25. The van der Waals surface area contributed by atoms with Crippen LogP contribution >= 0.6 is 0 Å². The fourth-order valence-corrected chi connectivity index (χ4v) is 3.25. The van der Waals surface area contributed by atoms with Gasteiger partial charge in [0.05, 0.1) is 13.2 Å². The van der Waals surface area contributed by atoms with Crippen LogP contribution < -0.4 is 0 Å². The number of likely N-dealkylation sites (N-methyl/N-ethyl adjacent to an activating group) is 2. The number of hydrogen-bond acceptors (Lipinski definition) is 4. The molecule has 2 amide bonds. The Morgan fingerprint density at radius 3 is 1.34 bits per heavy atom. The van der Waals surface area contributed by atoms with Crippen molar-refractivity contribution in [1.82, 2.24) is 9.80 Å². The van der Waals surface area contributed by atoms with Crippen molar-refractivity contribution in [1.29, 1.82) is 0 Å². The molecule has 6 nitrogen and oxygen atoms in total. The monoisotopic (exact) mass is 450 g/mol. The van der Waals surface area contributed by atoms with Crippen LogP contribution in [0.2, 0.25) is 0 Å². The molecule has 186 valence electrons. The Morgan fingerprint density at radius 2 is 1.00 bits per heavy atom. The average Bonchev–Trinajstić information content (AvgIpc) is 2.72. The number of hydrogen-bond donors (Lipinski definition) is 0. The van der Waals surface area contributed by atoms with Gasteiger partial charge in [0.2, 0.25) is 11.8 Å². The first-order valence-electron chi connectivity index (χ1n) is 12.4. The summed E-state index contributed by atoms with van der Waals surface area (Å²) >= 11 is 0. The summed E-state index contributed by atoms with van der Waals surface area (Å²) < 4.78 is 11.3. The van der Waals surface area contributed by atoms with Gasteiger partial charge in [-0.15, -0.1) is 0 Å². The van der Waals surface area contributed by atoms with Crippen LogP contribution in [0.1, 0.15) is 91.9 Å². The summed E-state index contributed by atoms with van der Waals surface area (Å²) in [5, 5.41) is 0. The molecule has 0 atom stereocenters. The summed E-state index contributed by atoms with van der Waals surface area (Å²) in [5.41, 5.74) is -0.252. The molecule has 0 bridgehead atoms. The first-order chi connectivity index (χ1) is 14.7. The second-order valence-corrected chi connectivity index (χ2v) is 9.61. The van der Waals surface area contributed by atoms with Gasteiger partial charge in [0.1, 0.15) is 13.2 Å². The molecule has 0 saturated carbocycles. The molecule has 0 aromatic heterocycles. The third-order valence-electron chi connectivity index (χ3n) is 5.48. The number of rotatable bonds is 20. The number of nitrogens with zero attached hydrogens (tertiary/aromatic N) is 2. The van der Waals surface area contributed by atoms with Gasteiger partial charge in [0.25, 0.3) is 0 Å². The molecule has 0 aromatic carbocycles. The average molecular weight is 451 g/mol. The van der Waals surface area contributed by atoms with E-state index >= 15 is 0 Å². The predicted octanol–water partition coefficient (Wildman–Crippen LogP) is 4.25. The summed E-state index contributed by atoms with van der Waals surface area (Å²) in [5.74, 6) is 0.0332. The molecular formula is C25H51LiN2O4. The minimum atomic E-state index is -0.252. The molecule has 0 rings (SSSR count). The van der Waals surface area contributed by atoms with Crippen LogP contribution in [0.3, 0.4) is 0 Å². The van der Waals surface area contributed by atoms with E-state index in [9.17, 15) is 9.59 Å². The second kappa shape index (κ2) is 21.0. The number of carbonyl (C=O) groups is 2. The van der Waals surface area contributed by atoms with Crippen molar-refractivity contribution in [3.8, 4) is 0 Å². The summed E-state index contributed by atoms with van der Waals surface area (Å²) in [6.45, 7) is 11.0. The molecule has 0 heterocycles. The van der Waals surface area contributed by atoms with Gasteiger partial charge in [-0.2, -0.15) is 0 Å². The van der Waals surface area contributed by atoms with Crippen LogP contribution in [0.25, 0.3) is 0 Å². The zero-order valence-electron chi connectivity index (χ0n) is 21.3. The van der Waals surface area contributed by atoms with Gasteiger partial charge < -0.3 is 19.3 Å². The van der Waals surface area contributed by atoms with E-state index in [0.29, 0.717) is 13.2 Å². The molecule has 0 saturated heterocycles. The second-order valence-electron chi connectivity index (χ2n) is 9.61. The third-order valence-corrected chi connectivity index (χ3v) is 5.48. The Morgan fingerprint density at radius 1 is 0.656 bits per heavy atom. The van der Waals surface area contributed by atoms with Crippen molar-refractivity contribution in [3.63, 3.8) is 0 Å². The number of carbonyl (C=O) groups excluding carboxylic acids is 2. The molecule has 0 N–H and O–H groups in total. The van der Waals surface area contributed by atoms with Crippen LogP contribution in [-0.4, -0.2) is 94.1 Å². The van der Waals surface area contributed by atoms with Crippen molar-refractivity contribution >= 4 is 30.7 Å². The van der Waals surface area contributed by atoms with Crippen LogP contribution in [0, 0.1) is 5.41 Å². The van der Waals surface area contributed by atoms with Gasteiger partial charge in [-0.25, -0.2) is 0 Å². The molecule has 0 radical (unpaired) electrons. The maximum absolute atomic E-state index is 12.2. The van der Waals surface area contributed by atoms with Gasteiger partial charge in [-0.05, 0) is 12.8 Å². The fraction of sp³-hybridized carbons (Fsp3) is 0.920. The van der Waals surface area contributed by atoms with E-state index in [1.807, 2.05) is 27.9 Å². The van der Waals surface area contributed by atoms with Crippen molar-refractivity contribution in [2.24, 2.45) is 5.41 Å². The maximum atomic E-state index is 12.2. The summed E-state index contributed by atoms with van der Waals surface area (Å²) in [6.07, 6.45) is 11.9. The molecule has 0 aliphatic rings. The van der Waals surface area contributed by atoms with E-state index in [1.54, 1.807) is 9.80 Å². The van der Waals surface area contributed by atoms with Gasteiger partial charge in [0.15, 0.2) is 0 Å². The third kappa shape index (κ3) is 19.0. The molecular weight excluding hydrogens is 399 g/mol. The first-order valence-corrected chi connectivity index (χ1v) is 12.4. The van der Waals surface area contributed by atoms with Crippen LogP contribution in [-0.2, 0) is 19.1 Å². The Kier molecular flexibility index (Phi) is 22.1. The van der Waals surface area contributed by atoms with Gasteiger partial charge in [-0.3, -0.25) is 9.59 Å². The Labute approximate surface area is 210 Å². The molecule has 7 heteroatoms. The number of unbranched alkanes of at least 4 members (excludes halogenated alkanes) is 8. The number of ether oxygens (including phenoxy) is 2. The quantitative estimate of drug-likeness (QED) is 0.205. The van der Waals surface area contributed by atoms with Gasteiger partial charge in [-0.1, -0.05) is 79.1 Å². The van der Waals surface area contributed by atoms with Crippen molar-refractivity contribution in [3.05, 3.63) is 0 Å². The SMILES string of the molecule is CCCCCCCN(C)C(=O)COCC(C)(C)COCC(=O)N(C)CCCCCCC.[LiH]. The molecule has 32 heavy (non-hydrogen) atoms. The van der Waals surface area contributed by atoms with Gasteiger partial charge in [0, 0.05) is 32.6 Å². The molecule has 0 unspecified atom stereocenters. The number of amides is 2.